The van der Waals surface area contributed by atoms with Crippen molar-refractivity contribution in [1.82, 2.24) is 4.98 Å². The lowest BCUT2D eigenvalue weighted by molar-refractivity contribution is 0.174. The molecular formula is C20H14FN3O2S. The first-order valence-corrected chi connectivity index (χ1v) is 9.01. The summed E-state index contributed by atoms with van der Waals surface area (Å²) in [5.74, 6) is 1.05. The quantitative estimate of drug-likeness (QED) is 0.649. The van der Waals surface area contributed by atoms with E-state index in [0.29, 0.717) is 27.8 Å². The van der Waals surface area contributed by atoms with Crippen LogP contribution in [0.1, 0.15) is 10.6 Å². The lowest BCUT2D eigenvalue weighted by Gasteiger charge is -2.05. The molecule has 5 nitrogen and oxygen atoms in total. The zero-order chi connectivity index (χ0) is 18.8. The number of nitriles is 1. The van der Waals surface area contributed by atoms with Crippen molar-refractivity contribution in [2.75, 3.05) is 12.1 Å². The summed E-state index contributed by atoms with van der Waals surface area (Å²) < 4.78 is 24.1. The van der Waals surface area contributed by atoms with Crippen LogP contribution in [0.2, 0.25) is 0 Å². The summed E-state index contributed by atoms with van der Waals surface area (Å²) in [5.41, 5.74) is 3.49. The number of hydrogen-bond acceptors (Lipinski definition) is 6. The molecule has 0 bridgehead atoms. The number of fused-ring (bicyclic) bond motifs is 1. The van der Waals surface area contributed by atoms with E-state index >= 15 is 0 Å². The molecule has 0 aliphatic carbocycles. The summed E-state index contributed by atoms with van der Waals surface area (Å²) in [6, 6.07) is 12.2. The molecular weight excluding hydrogens is 365 g/mol. The molecule has 27 heavy (non-hydrogen) atoms. The van der Waals surface area contributed by atoms with E-state index in [2.05, 4.69) is 16.4 Å². The Morgan fingerprint density at radius 2 is 2.11 bits per heavy atom. The van der Waals surface area contributed by atoms with E-state index in [4.69, 9.17) is 9.47 Å². The van der Waals surface area contributed by atoms with Gasteiger partial charge in [-0.2, -0.15) is 5.26 Å². The number of hydrogen-bond donors (Lipinski definition) is 1. The van der Waals surface area contributed by atoms with Gasteiger partial charge in [0, 0.05) is 22.8 Å². The Labute approximate surface area is 159 Å². The van der Waals surface area contributed by atoms with Gasteiger partial charge in [-0.3, -0.25) is 0 Å². The van der Waals surface area contributed by atoms with E-state index in [9.17, 15) is 9.65 Å². The van der Waals surface area contributed by atoms with Crippen LogP contribution in [0.3, 0.4) is 0 Å². The number of nitrogens with zero attached hydrogens (tertiary/aromatic N) is 2. The highest BCUT2D eigenvalue weighted by atomic mass is 32.1. The van der Waals surface area contributed by atoms with Crippen LogP contribution in [-0.4, -0.2) is 11.8 Å². The predicted molar refractivity (Wildman–Crippen MR) is 102 cm³/mol. The van der Waals surface area contributed by atoms with Gasteiger partial charge in [0.25, 0.3) is 0 Å². The van der Waals surface area contributed by atoms with Crippen molar-refractivity contribution in [3.8, 4) is 28.8 Å². The lowest BCUT2D eigenvalue weighted by atomic mass is 10.1. The van der Waals surface area contributed by atoms with Crippen LogP contribution in [0, 0.1) is 24.1 Å². The lowest BCUT2D eigenvalue weighted by Crippen LogP contribution is -1.94. The van der Waals surface area contributed by atoms with Gasteiger partial charge in [-0.25, -0.2) is 9.37 Å². The van der Waals surface area contributed by atoms with Crippen LogP contribution in [0.4, 0.5) is 10.1 Å². The summed E-state index contributed by atoms with van der Waals surface area (Å²) in [6.45, 7) is 2.08. The van der Waals surface area contributed by atoms with Crippen molar-refractivity contribution in [1.29, 1.82) is 5.26 Å². The fraction of sp³-hybridized carbons (Fsp3) is 0.100. The minimum absolute atomic E-state index is 0.216. The summed E-state index contributed by atoms with van der Waals surface area (Å²) in [5, 5.41) is 14.9. The van der Waals surface area contributed by atoms with Crippen molar-refractivity contribution >= 4 is 22.6 Å². The zero-order valence-corrected chi connectivity index (χ0v) is 15.1. The maximum Gasteiger partial charge on any atom is 0.231 e. The fourth-order valence-corrected chi connectivity index (χ4v) is 3.42. The van der Waals surface area contributed by atoms with E-state index < -0.39 is 0 Å². The average molecular weight is 379 g/mol. The monoisotopic (exact) mass is 379 g/mol. The number of thiazole rings is 1. The zero-order valence-electron chi connectivity index (χ0n) is 14.3. The highest BCUT2D eigenvalue weighted by molar-refractivity contribution is 7.11. The Kier molecular flexibility index (Phi) is 4.48. The highest BCUT2D eigenvalue weighted by Gasteiger charge is 2.16. The third kappa shape index (κ3) is 3.48. The Bertz CT molecular complexity index is 1090. The number of aryl methyl sites for hydroxylation is 1. The van der Waals surface area contributed by atoms with Crippen molar-refractivity contribution in [3.05, 3.63) is 64.4 Å². The molecule has 0 saturated heterocycles. The molecule has 4 rings (SSSR count). The number of rotatable bonds is 4. The molecule has 2 heterocycles. The molecule has 1 N–H and O–H groups in total. The topological polar surface area (TPSA) is 67.2 Å². The van der Waals surface area contributed by atoms with Gasteiger partial charge in [-0.1, -0.05) is 6.07 Å². The van der Waals surface area contributed by atoms with Gasteiger partial charge in [0.1, 0.15) is 22.5 Å². The number of anilines is 1. The molecule has 2 aromatic carbocycles. The van der Waals surface area contributed by atoms with Crippen molar-refractivity contribution in [2.24, 2.45) is 0 Å². The molecule has 0 atom stereocenters. The summed E-state index contributed by atoms with van der Waals surface area (Å²) in [7, 11) is 0. The van der Waals surface area contributed by atoms with Gasteiger partial charge in [0.05, 0.1) is 5.69 Å². The van der Waals surface area contributed by atoms with Crippen LogP contribution in [-0.2, 0) is 0 Å². The largest absolute Gasteiger partial charge is 0.454 e. The third-order valence-electron chi connectivity index (χ3n) is 4.10. The molecule has 3 aromatic rings. The molecule has 0 spiro atoms. The van der Waals surface area contributed by atoms with Crippen LogP contribution in [0.15, 0.2) is 48.0 Å². The third-order valence-corrected chi connectivity index (χ3v) is 4.97. The van der Waals surface area contributed by atoms with E-state index in [1.54, 1.807) is 12.3 Å². The van der Waals surface area contributed by atoms with Crippen LogP contribution >= 0.6 is 11.3 Å². The maximum absolute atomic E-state index is 13.4. The SMILES string of the molecule is Cc1ccc(F)cc1N/C=C(/C#N)c1nc(-c2ccc3c(c2)OCO3)cs1. The second-order valence-electron chi connectivity index (χ2n) is 5.88. The molecule has 0 amide bonds. The van der Waals surface area contributed by atoms with Crippen molar-refractivity contribution in [2.45, 2.75) is 6.92 Å². The van der Waals surface area contributed by atoms with Gasteiger partial charge < -0.3 is 14.8 Å². The number of aromatic nitrogens is 1. The van der Waals surface area contributed by atoms with E-state index in [0.717, 1.165) is 16.8 Å². The molecule has 1 aliphatic rings. The van der Waals surface area contributed by atoms with Gasteiger partial charge >= 0.3 is 0 Å². The molecule has 0 radical (unpaired) electrons. The normalized spacial score (nSPS) is 12.7. The summed E-state index contributed by atoms with van der Waals surface area (Å²) in [4.78, 5) is 4.55. The first-order valence-electron chi connectivity index (χ1n) is 8.13. The Morgan fingerprint density at radius 1 is 1.26 bits per heavy atom. The maximum atomic E-state index is 13.4. The standard InChI is InChI=1S/C20H14FN3O2S/c1-12-2-4-15(21)7-16(12)23-9-14(8-22)20-24-17(10-27-20)13-3-5-18-19(6-13)26-11-25-18/h2-7,9-10,23H,11H2,1H3/b14-9-. The van der Waals surface area contributed by atoms with E-state index in [-0.39, 0.29) is 12.6 Å². The summed E-state index contributed by atoms with van der Waals surface area (Å²) >= 11 is 1.36. The molecule has 0 saturated carbocycles. The fourth-order valence-electron chi connectivity index (χ4n) is 2.63. The molecule has 1 aliphatic heterocycles. The number of ether oxygens (including phenoxy) is 2. The summed E-state index contributed by atoms with van der Waals surface area (Å²) in [6.07, 6.45) is 1.55. The molecule has 0 unspecified atom stereocenters. The Hall–Kier alpha value is -3.37. The van der Waals surface area contributed by atoms with E-state index in [1.165, 1.54) is 23.5 Å². The van der Waals surface area contributed by atoms with E-state index in [1.807, 2.05) is 30.5 Å². The number of benzene rings is 2. The van der Waals surface area contributed by atoms with Gasteiger partial charge in [0.2, 0.25) is 6.79 Å². The van der Waals surface area contributed by atoms with Crippen molar-refractivity contribution in [3.63, 3.8) is 0 Å². The van der Waals surface area contributed by atoms with Gasteiger partial charge in [-0.05, 0) is 42.8 Å². The second kappa shape index (κ2) is 7.09. The minimum Gasteiger partial charge on any atom is -0.454 e. The predicted octanol–water partition coefficient (Wildman–Crippen LogP) is 4.96. The van der Waals surface area contributed by atoms with Crippen LogP contribution < -0.4 is 14.8 Å². The Morgan fingerprint density at radius 3 is 2.96 bits per heavy atom. The average Bonchev–Trinajstić information content (AvgIpc) is 3.33. The number of halogens is 1. The molecule has 7 heteroatoms. The number of allylic oxidation sites excluding steroid dienone is 1. The first kappa shape index (κ1) is 17.1. The molecule has 0 fully saturated rings. The van der Waals surface area contributed by atoms with Crippen LogP contribution in [0.25, 0.3) is 16.8 Å². The second-order valence-corrected chi connectivity index (χ2v) is 6.74. The van der Waals surface area contributed by atoms with Gasteiger partial charge in [0.15, 0.2) is 11.5 Å². The molecule has 134 valence electrons. The Balaban J connectivity index is 1.59. The van der Waals surface area contributed by atoms with Gasteiger partial charge in [-0.15, -0.1) is 11.3 Å². The number of nitrogens with one attached hydrogen (secondary N) is 1. The smallest absolute Gasteiger partial charge is 0.231 e. The highest BCUT2D eigenvalue weighted by Crippen LogP contribution is 2.36. The van der Waals surface area contributed by atoms with Crippen LogP contribution in [0.5, 0.6) is 11.5 Å². The minimum atomic E-state index is -0.339. The van der Waals surface area contributed by atoms with Crippen molar-refractivity contribution < 1.29 is 13.9 Å². The first-order chi connectivity index (χ1) is 13.1. The molecule has 1 aromatic heterocycles.